The van der Waals surface area contributed by atoms with Gasteiger partial charge in [0.25, 0.3) is 0 Å². The Balaban J connectivity index is 2.25. The van der Waals surface area contributed by atoms with Gasteiger partial charge >= 0.3 is 0 Å². The summed E-state index contributed by atoms with van der Waals surface area (Å²) in [5.74, 6) is 0.825. The largest absolute Gasteiger partial charge is 0.288 e. The van der Waals surface area contributed by atoms with Crippen molar-refractivity contribution in [2.45, 2.75) is 13.3 Å². The maximum atomic E-state index is 10.6. The van der Waals surface area contributed by atoms with Crippen LogP contribution in [0, 0.1) is 0 Å². The lowest BCUT2D eigenvalue weighted by Gasteiger charge is -1.91. The molecule has 0 saturated carbocycles. The molecule has 4 heteroatoms. The van der Waals surface area contributed by atoms with E-state index in [0.717, 1.165) is 17.9 Å². The molecule has 3 nitrogen and oxygen atoms in total. The lowest BCUT2D eigenvalue weighted by Crippen LogP contribution is -1.84. The summed E-state index contributed by atoms with van der Waals surface area (Å²) in [5, 5.41) is 0.165. The van der Waals surface area contributed by atoms with Gasteiger partial charge in [-0.3, -0.25) is 14.8 Å². The molecule has 0 aliphatic rings. The third-order valence-corrected chi connectivity index (χ3v) is 2.31. The fourth-order valence-corrected chi connectivity index (χ4v) is 1.41. The fraction of sp³-hybridized carbons (Fsp3) is 0.300. The van der Waals surface area contributed by atoms with E-state index < -0.39 is 0 Å². The molecule has 0 amide bonds. The van der Waals surface area contributed by atoms with Gasteiger partial charge in [-0.2, -0.15) is 0 Å². The lowest BCUT2D eigenvalue weighted by molar-refractivity contribution is -0.109. The van der Waals surface area contributed by atoms with Crippen molar-refractivity contribution in [2.75, 3.05) is 5.75 Å². The number of allylic oxidation sites excluding steroid dienone is 1. The number of carbonyl (C=O) groups excluding carboxylic acids is 1. The average Bonchev–Trinajstić information content (AvgIpc) is 2.18. The molecule has 0 unspecified atom stereocenters. The van der Waals surface area contributed by atoms with Gasteiger partial charge in [-0.25, -0.2) is 0 Å². The second kappa shape index (κ2) is 6.32. The fourth-order valence-electron chi connectivity index (χ4n) is 0.871. The number of aromatic nitrogens is 2. The van der Waals surface area contributed by atoms with Crippen molar-refractivity contribution < 1.29 is 4.79 Å². The topological polar surface area (TPSA) is 42.9 Å². The van der Waals surface area contributed by atoms with Crippen LogP contribution in [0.15, 0.2) is 24.7 Å². The second-order valence-corrected chi connectivity index (χ2v) is 3.93. The molecule has 0 bridgehead atoms. The van der Waals surface area contributed by atoms with E-state index in [2.05, 4.69) is 9.97 Å². The van der Waals surface area contributed by atoms with Crippen LogP contribution in [0.3, 0.4) is 0 Å². The van der Waals surface area contributed by atoms with Crippen LogP contribution >= 0.6 is 11.8 Å². The van der Waals surface area contributed by atoms with E-state index in [1.54, 1.807) is 25.5 Å². The van der Waals surface area contributed by atoms with Crippen molar-refractivity contribution in [1.82, 2.24) is 9.97 Å². The molecule has 0 aliphatic heterocycles. The summed E-state index contributed by atoms with van der Waals surface area (Å²) in [4.78, 5) is 18.6. The SMILES string of the molecule is CC(=O)SCCC=Cc1cnccn1. The zero-order chi connectivity index (χ0) is 10.2. The van der Waals surface area contributed by atoms with Crippen LogP contribution in [-0.4, -0.2) is 20.8 Å². The number of hydrogen-bond donors (Lipinski definition) is 0. The zero-order valence-corrected chi connectivity index (χ0v) is 8.83. The number of rotatable bonds is 4. The molecule has 0 fully saturated rings. The lowest BCUT2D eigenvalue weighted by atomic mass is 10.3. The molecule has 0 saturated heterocycles. The Bertz CT molecular complexity index is 311. The Hall–Kier alpha value is -1.16. The first-order valence-electron chi connectivity index (χ1n) is 4.35. The molecule has 0 spiro atoms. The van der Waals surface area contributed by atoms with Gasteiger partial charge < -0.3 is 0 Å². The van der Waals surface area contributed by atoms with Gasteiger partial charge in [0, 0.05) is 25.1 Å². The quantitative estimate of drug-likeness (QED) is 0.711. The summed E-state index contributed by atoms with van der Waals surface area (Å²) in [6, 6.07) is 0. The van der Waals surface area contributed by atoms with Crippen LogP contribution in [-0.2, 0) is 4.79 Å². The van der Waals surface area contributed by atoms with Gasteiger partial charge in [0.05, 0.1) is 11.9 Å². The standard InChI is InChI=1S/C10H12N2OS/c1-9(13)14-7-3-2-4-10-8-11-5-6-12-10/h2,4-6,8H,3,7H2,1H3. The molecule has 1 aromatic rings. The molecule has 1 rings (SSSR count). The molecule has 0 radical (unpaired) electrons. The van der Waals surface area contributed by atoms with E-state index in [9.17, 15) is 4.79 Å². The highest BCUT2D eigenvalue weighted by Crippen LogP contribution is 2.04. The van der Waals surface area contributed by atoms with Crippen molar-refractivity contribution in [3.05, 3.63) is 30.4 Å². The molecule has 0 atom stereocenters. The summed E-state index contributed by atoms with van der Waals surface area (Å²) >= 11 is 1.34. The molecule has 1 aromatic heterocycles. The Morgan fingerprint density at radius 2 is 2.43 bits per heavy atom. The van der Waals surface area contributed by atoms with E-state index >= 15 is 0 Å². The summed E-state index contributed by atoms with van der Waals surface area (Å²) < 4.78 is 0. The van der Waals surface area contributed by atoms with Gasteiger partial charge in [0.15, 0.2) is 5.12 Å². The van der Waals surface area contributed by atoms with E-state index in [1.165, 1.54) is 11.8 Å². The smallest absolute Gasteiger partial charge is 0.185 e. The third kappa shape index (κ3) is 4.77. The summed E-state index contributed by atoms with van der Waals surface area (Å²) in [6.45, 7) is 1.58. The van der Waals surface area contributed by atoms with E-state index in [4.69, 9.17) is 0 Å². The van der Waals surface area contributed by atoms with Crippen LogP contribution in [0.25, 0.3) is 6.08 Å². The van der Waals surface area contributed by atoms with E-state index in [1.807, 2.05) is 12.2 Å². The monoisotopic (exact) mass is 208 g/mol. The Kier molecular flexibility index (Phi) is 4.93. The van der Waals surface area contributed by atoms with Gasteiger partial charge in [0.1, 0.15) is 0 Å². The van der Waals surface area contributed by atoms with Crippen molar-refractivity contribution in [1.29, 1.82) is 0 Å². The predicted molar refractivity (Wildman–Crippen MR) is 58.8 cm³/mol. The van der Waals surface area contributed by atoms with Crippen LogP contribution in [0.5, 0.6) is 0 Å². The minimum absolute atomic E-state index is 0.165. The van der Waals surface area contributed by atoms with Crippen LogP contribution in [0.2, 0.25) is 0 Å². The maximum absolute atomic E-state index is 10.6. The minimum atomic E-state index is 0.165. The van der Waals surface area contributed by atoms with Crippen molar-refractivity contribution in [3.8, 4) is 0 Å². The van der Waals surface area contributed by atoms with Gasteiger partial charge in [0.2, 0.25) is 0 Å². The highest BCUT2D eigenvalue weighted by atomic mass is 32.2. The number of hydrogen-bond acceptors (Lipinski definition) is 4. The average molecular weight is 208 g/mol. The van der Waals surface area contributed by atoms with Crippen molar-refractivity contribution in [2.24, 2.45) is 0 Å². The first-order valence-corrected chi connectivity index (χ1v) is 5.33. The molecule has 1 heterocycles. The van der Waals surface area contributed by atoms with Gasteiger partial charge in [-0.15, -0.1) is 0 Å². The predicted octanol–water partition coefficient (Wildman–Crippen LogP) is 2.16. The molecular formula is C10H12N2OS. The molecule has 0 aromatic carbocycles. The normalized spacial score (nSPS) is 10.6. The van der Waals surface area contributed by atoms with Crippen LogP contribution < -0.4 is 0 Å². The number of thioether (sulfide) groups is 1. The third-order valence-electron chi connectivity index (χ3n) is 1.46. The molecule has 0 aliphatic carbocycles. The van der Waals surface area contributed by atoms with E-state index in [0.29, 0.717) is 0 Å². The van der Waals surface area contributed by atoms with Crippen molar-refractivity contribution >= 4 is 23.0 Å². The van der Waals surface area contributed by atoms with Gasteiger partial charge in [-0.05, 0) is 12.5 Å². The van der Waals surface area contributed by atoms with E-state index in [-0.39, 0.29) is 5.12 Å². The summed E-state index contributed by atoms with van der Waals surface area (Å²) in [7, 11) is 0. The van der Waals surface area contributed by atoms with Crippen molar-refractivity contribution in [3.63, 3.8) is 0 Å². The van der Waals surface area contributed by atoms with Crippen LogP contribution in [0.1, 0.15) is 19.0 Å². The molecule has 0 N–H and O–H groups in total. The Morgan fingerprint density at radius 3 is 3.07 bits per heavy atom. The zero-order valence-electron chi connectivity index (χ0n) is 8.01. The Labute approximate surface area is 87.7 Å². The molecular weight excluding hydrogens is 196 g/mol. The number of carbonyl (C=O) groups is 1. The first-order chi connectivity index (χ1) is 6.79. The second-order valence-electron chi connectivity index (χ2n) is 2.66. The molecule has 14 heavy (non-hydrogen) atoms. The number of nitrogens with zero attached hydrogens (tertiary/aromatic N) is 2. The Morgan fingerprint density at radius 1 is 1.57 bits per heavy atom. The first kappa shape index (κ1) is 10.9. The van der Waals surface area contributed by atoms with Crippen LogP contribution in [0.4, 0.5) is 0 Å². The summed E-state index contributed by atoms with van der Waals surface area (Å²) in [5.41, 5.74) is 0.848. The highest BCUT2D eigenvalue weighted by molar-refractivity contribution is 8.13. The highest BCUT2D eigenvalue weighted by Gasteiger charge is 1.91. The van der Waals surface area contributed by atoms with Gasteiger partial charge in [-0.1, -0.05) is 17.8 Å². The maximum Gasteiger partial charge on any atom is 0.185 e. The summed E-state index contributed by atoms with van der Waals surface area (Å²) in [6.07, 6.45) is 9.79. The molecule has 74 valence electrons. The minimum Gasteiger partial charge on any atom is -0.288 e.